The van der Waals surface area contributed by atoms with E-state index in [9.17, 15) is 19.0 Å². The van der Waals surface area contributed by atoms with Crippen molar-refractivity contribution < 1.29 is 37.6 Å². The summed E-state index contributed by atoms with van der Waals surface area (Å²) in [6.07, 6.45) is 55.7. The van der Waals surface area contributed by atoms with Gasteiger partial charge in [0.05, 0.1) is 13.2 Å². The molecule has 8 nitrogen and oxygen atoms in total. The van der Waals surface area contributed by atoms with Crippen LogP contribution in [0, 0.1) is 0 Å². The summed E-state index contributed by atoms with van der Waals surface area (Å²) >= 11 is 0. The lowest BCUT2D eigenvalue weighted by Crippen LogP contribution is -2.29. The van der Waals surface area contributed by atoms with Crippen molar-refractivity contribution in [2.24, 2.45) is 0 Å². The molecule has 0 amide bonds. The summed E-state index contributed by atoms with van der Waals surface area (Å²) in [5.74, 6) is -0.830. The van der Waals surface area contributed by atoms with Gasteiger partial charge in [-0.15, -0.1) is 0 Å². The Morgan fingerprint density at radius 2 is 0.864 bits per heavy atom. The predicted octanol–water partition coefficient (Wildman–Crippen LogP) is 15.5. The molecule has 1 N–H and O–H groups in total. The zero-order valence-electron chi connectivity index (χ0n) is 38.1. The number of rotatable bonds is 44. The molecule has 2 atom stereocenters. The smallest absolute Gasteiger partial charge is 0.462 e. The van der Waals surface area contributed by atoms with Crippen LogP contribution in [0.2, 0.25) is 0 Å². The van der Waals surface area contributed by atoms with Crippen LogP contribution in [0.25, 0.3) is 0 Å². The van der Waals surface area contributed by atoms with Crippen LogP contribution in [-0.4, -0.2) is 42.8 Å². The Balaban J connectivity index is 4.06. The van der Waals surface area contributed by atoms with Crippen LogP contribution in [0.1, 0.15) is 220 Å². The average Bonchev–Trinajstić information content (AvgIpc) is 3.22. The van der Waals surface area contributed by atoms with Crippen LogP contribution in [0.15, 0.2) is 60.8 Å². The Labute approximate surface area is 362 Å². The second-order valence-electron chi connectivity index (χ2n) is 15.8. The molecule has 0 aliphatic carbocycles. The van der Waals surface area contributed by atoms with Gasteiger partial charge in [0.15, 0.2) is 6.10 Å². The monoisotopic (exact) mass is 849 g/mol. The standard InChI is InChI=1S/C50H89O8P/c1-4-7-9-11-13-15-17-19-21-23-25-27-28-30-32-34-36-38-40-42-44-49(51)55-46-48(47-57-59(53,54)56-6-3)58-50(52)45-43-41-39-37-35-33-31-29-26-24-22-20-18-16-14-12-10-8-5-2/h8,10,14,16,20,22,26,29,33,35,48H,4-7,9,11-13,15,17-19,21,23-25,27-28,30-32,34,36-47H2,1-3H3,(H,53,54)/b10-8-,16-14-,22-20-,29-26-,35-33-. The fourth-order valence-corrected chi connectivity index (χ4v) is 7.35. The normalized spacial score (nSPS) is 13.8. The van der Waals surface area contributed by atoms with E-state index in [1.165, 1.54) is 109 Å². The molecule has 0 heterocycles. The summed E-state index contributed by atoms with van der Waals surface area (Å²) in [6.45, 7) is 5.35. The van der Waals surface area contributed by atoms with Gasteiger partial charge in [-0.05, 0) is 64.7 Å². The zero-order valence-corrected chi connectivity index (χ0v) is 39.0. The average molecular weight is 849 g/mol. The fraction of sp³-hybridized carbons (Fsp3) is 0.760. The number of carbonyl (C=O) groups is 2. The van der Waals surface area contributed by atoms with Gasteiger partial charge in [-0.3, -0.25) is 18.6 Å². The molecular weight excluding hydrogens is 760 g/mol. The molecule has 0 saturated carbocycles. The molecule has 0 bridgehead atoms. The van der Waals surface area contributed by atoms with Crippen molar-refractivity contribution in [3.8, 4) is 0 Å². The molecule has 0 aliphatic heterocycles. The zero-order chi connectivity index (χ0) is 43.2. The van der Waals surface area contributed by atoms with E-state index in [0.29, 0.717) is 6.42 Å². The number of hydrogen-bond acceptors (Lipinski definition) is 7. The van der Waals surface area contributed by atoms with Gasteiger partial charge in [0, 0.05) is 12.8 Å². The first-order valence-corrected chi connectivity index (χ1v) is 25.6. The minimum absolute atomic E-state index is 0.00762. The maximum Gasteiger partial charge on any atom is 0.472 e. The second kappa shape index (κ2) is 45.3. The second-order valence-corrected chi connectivity index (χ2v) is 17.2. The predicted molar refractivity (Wildman–Crippen MR) is 248 cm³/mol. The van der Waals surface area contributed by atoms with Gasteiger partial charge >= 0.3 is 19.8 Å². The lowest BCUT2D eigenvalue weighted by atomic mass is 10.0. The van der Waals surface area contributed by atoms with E-state index in [2.05, 4.69) is 74.6 Å². The van der Waals surface area contributed by atoms with Gasteiger partial charge < -0.3 is 14.4 Å². The number of allylic oxidation sites excluding steroid dienone is 10. The molecule has 342 valence electrons. The Morgan fingerprint density at radius 1 is 0.475 bits per heavy atom. The van der Waals surface area contributed by atoms with E-state index >= 15 is 0 Å². The number of ether oxygens (including phenoxy) is 2. The Morgan fingerprint density at radius 3 is 1.31 bits per heavy atom. The Hall–Kier alpha value is -2.25. The van der Waals surface area contributed by atoms with Crippen molar-refractivity contribution in [1.82, 2.24) is 0 Å². The van der Waals surface area contributed by atoms with Crippen LogP contribution in [0.3, 0.4) is 0 Å². The largest absolute Gasteiger partial charge is 0.472 e. The van der Waals surface area contributed by atoms with Crippen molar-refractivity contribution in [1.29, 1.82) is 0 Å². The topological polar surface area (TPSA) is 108 Å². The van der Waals surface area contributed by atoms with Gasteiger partial charge in [-0.25, -0.2) is 4.57 Å². The molecular formula is C50H89O8P. The summed E-state index contributed by atoms with van der Waals surface area (Å²) in [5.41, 5.74) is 0. The first kappa shape index (κ1) is 56.8. The number of phosphoric acid groups is 1. The highest BCUT2D eigenvalue weighted by atomic mass is 31.2. The molecule has 2 unspecified atom stereocenters. The molecule has 0 aromatic heterocycles. The first-order chi connectivity index (χ1) is 28.8. The number of carbonyl (C=O) groups excluding carboxylic acids is 2. The van der Waals surface area contributed by atoms with E-state index in [0.717, 1.165) is 70.6 Å². The summed E-state index contributed by atoms with van der Waals surface area (Å²) < 4.78 is 32.7. The van der Waals surface area contributed by atoms with Crippen LogP contribution >= 0.6 is 7.82 Å². The molecule has 0 spiro atoms. The first-order valence-electron chi connectivity index (χ1n) is 24.1. The third-order valence-electron chi connectivity index (χ3n) is 10.1. The van der Waals surface area contributed by atoms with Crippen molar-refractivity contribution in [2.75, 3.05) is 19.8 Å². The van der Waals surface area contributed by atoms with E-state index < -0.39 is 26.5 Å². The molecule has 59 heavy (non-hydrogen) atoms. The van der Waals surface area contributed by atoms with E-state index in [1.807, 2.05) is 0 Å². The fourth-order valence-electron chi connectivity index (χ4n) is 6.60. The highest BCUT2D eigenvalue weighted by Crippen LogP contribution is 2.43. The van der Waals surface area contributed by atoms with E-state index in [4.69, 9.17) is 18.5 Å². The minimum Gasteiger partial charge on any atom is -0.462 e. The molecule has 0 aliphatic rings. The van der Waals surface area contributed by atoms with Crippen LogP contribution in [0.5, 0.6) is 0 Å². The summed E-state index contributed by atoms with van der Waals surface area (Å²) in [4.78, 5) is 34.9. The molecule has 0 aromatic carbocycles. The van der Waals surface area contributed by atoms with Gasteiger partial charge in [0.1, 0.15) is 6.61 Å². The number of hydrogen-bond donors (Lipinski definition) is 1. The van der Waals surface area contributed by atoms with Gasteiger partial charge in [-0.1, -0.05) is 203 Å². The van der Waals surface area contributed by atoms with Crippen molar-refractivity contribution in [3.05, 3.63) is 60.8 Å². The van der Waals surface area contributed by atoms with Gasteiger partial charge in [0.2, 0.25) is 0 Å². The van der Waals surface area contributed by atoms with Gasteiger partial charge in [0.25, 0.3) is 0 Å². The third-order valence-corrected chi connectivity index (χ3v) is 11.1. The maximum absolute atomic E-state index is 12.6. The highest BCUT2D eigenvalue weighted by molar-refractivity contribution is 7.47. The van der Waals surface area contributed by atoms with Crippen LogP contribution in [-0.2, 0) is 32.7 Å². The number of phosphoric ester groups is 1. The van der Waals surface area contributed by atoms with E-state index in [-0.39, 0.29) is 32.0 Å². The Bertz CT molecular complexity index is 1140. The van der Waals surface area contributed by atoms with E-state index in [1.54, 1.807) is 6.92 Å². The molecule has 0 radical (unpaired) electrons. The third kappa shape index (κ3) is 45.1. The SMILES string of the molecule is CC/C=C\C/C=C\C/C=C\C/C=C\C/C=C\CCCCCC(=O)OC(COC(=O)CCCCCCCCCCCCCCCCCCCCCC)COP(=O)(O)OCC. The molecule has 0 saturated heterocycles. The van der Waals surface area contributed by atoms with Crippen molar-refractivity contribution in [3.63, 3.8) is 0 Å². The lowest BCUT2D eigenvalue weighted by molar-refractivity contribution is -0.161. The molecule has 0 aromatic rings. The molecule has 9 heteroatoms. The maximum atomic E-state index is 12.6. The summed E-state index contributed by atoms with van der Waals surface area (Å²) in [7, 11) is -4.29. The Kier molecular flexibility index (Phi) is 43.6. The minimum atomic E-state index is -4.29. The highest BCUT2D eigenvalue weighted by Gasteiger charge is 2.25. The van der Waals surface area contributed by atoms with Crippen molar-refractivity contribution in [2.45, 2.75) is 226 Å². The van der Waals surface area contributed by atoms with Crippen LogP contribution < -0.4 is 0 Å². The molecule has 0 fully saturated rings. The summed E-state index contributed by atoms with van der Waals surface area (Å²) in [5, 5.41) is 0. The van der Waals surface area contributed by atoms with Crippen LogP contribution in [0.4, 0.5) is 0 Å². The lowest BCUT2D eigenvalue weighted by Gasteiger charge is -2.19. The number of unbranched alkanes of at least 4 members (excludes halogenated alkanes) is 22. The molecule has 0 rings (SSSR count). The quantitative estimate of drug-likeness (QED) is 0.0279. The van der Waals surface area contributed by atoms with Crippen molar-refractivity contribution >= 4 is 19.8 Å². The summed E-state index contributed by atoms with van der Waals surface area (Å²) in [6, 6.07) is 0. The van der Waals surface area contributed by atoms with Gasteiger partial charge in [-0.2, -0.15) is 0 Å². The number of esters is 2.